The zero-order valence-corrected chi connectivity index (χ0v) is 7.97. The molecule has 0 aliphatic rings. The van der Waals surface area contributed by atoms with Gasteiger partial charge in [0.25, 0.3) is 0 Å². The maximum absolute atomic E-state index is 10.9. The quantitative estimate of drug-likeness (QED) is 0.660. The SMILES string of the molecule is CCCCC(=O)N(C)S(=O)(=O)O. The Morgan fingerprint density at radius 3 is 2.33 bits per heavy atom. The molecule has 0 heterocycles. The van der Waals surface area contributed by atoms with E-state index in [-0.39, 0.29) is 6.42 Å². The van der Waals surface area contributed by atoms with Gasteiger partial charge in [-0.15, -0.1) is 0 Å². The third-order valence-electron chi connectivity index (χ3n) is 1.44. The van der Waals surface area contributed by atoms with Gasteiger partial charge in [-0.05, 0) is 6.42 Å². The van der Waals surface area contributed by atoms with E-state index in [9.17, 15) is 13.2 Å². The fourth-order valence-electron chi connectivity index (χ4n) is 0.614. The summed E-state index contributed by atoms with van der Waals surface area (Å²) in [7, 11) is -3.31. The van der Waals surface area contributed by atoms with E-state index in [1.165, 1.54) is 0 Å². The second-order valence-electron chi connectivity index (χ2n) is 2.44. The molecule has 0 saturated heterocycles. The van der Waals surface area contributed by atoms with Crippen LogP contribution in [0.1, 0.15) is 26.2 Å². The van der Waals surface area contributed by atoms with Gasteiger partial charge in [-0.3, -0.25) is 9.35 Å². The molecular weight excluding hydrogens is 182 g/mol. The van der Waals surface area contributed by atoms with Gasteiger partial charge in [0.05, 0.1) is 0 Å². The third kappa shape index (κ3) is 3.68. The maximum atomic E-state index is 10.9. The van der Waals surface area contributed by atoms with E-state index in [4.69, 9.17) is 4.55 Å². The van der Waals surface area contributed by atoms with Crippen LogP contribution in [-0.4, -0.2) is 30.2 Å². The van der Waals surface area contributed by atoms with Crippen LogP contribution in [0.2, 0.25) is 0 Å². The highest BCUT2D eigenvalue weighted by atomic mass is 32.2. The van der Waals surface area contributed by atoms with E-state index in [0.717, 1.165) is 13.5 Å². The fraction of sp³-hybridized carbons (Fsp3) is 0.833. The molecule has 0 fully saturated rings. The van der Waals surface area contributed by atoms with Crippen LogP contribution in [0.25, 0.3) is 0 Å². The number of carbonyl (C=O) groups excluding carboxylic acids is 1. The number of hydrogen-bond acceptors (Lipinski definition) is 3. The van der Waals surface area contributed by atoms with Crippen molar-refractivity contribution in [2.45, 2.75) is 26.2 Å². The molecule has 0 saturated carbocycles. The summed E-state index contributed by atoms with van der Waals surface area (Å²) in [5.41, 5.74) is 0. The first kappa shape index (κ1) is 11.4. The van der Waals surface area contributed by atoms with E-state index in [1.54, 1.807) is 0 Å². The van der Waals surface area contributed by atoms with Crippen LogP contribution in [0.15, 0.2) is 0 Å². The fourth-order valence-corrected chi connectivity index (χ4v) is 0.963. The molecule has 12 heavy (non-hydrogen) atoms. The van der Waals surface area contributed by atoms with Gasteiger partial charge in [-0.2, -0.15) is 8.42 Å². The van der Waals surface area contributed by atoms with Crippen molar-refractivity contribution in [3.63, 3.8) is 0 Å². The minimum absolute atomic E-state index is 0.146. The van der Waals surface area contributed by atoms with Gasteiger partial charge >= 0.3 is 10.3 Å². The zero-order valence-electron chi connectivity index (χ0n) is 7.15. The molecule has 0 bridgehead atoms. The molecule has 0 unspecified atom stereocenters. The summed E-state index contributed by atoms with van der Waals surface area (Å²) in [4.78, 5) is 10.9. The molecule has 0 spiro atoms. The summed E-state index contributed by atoms with van der Waals surface area (Å²) < 4.78 is 29.6. The van der Waals surface area contributed by atoms with Crippen molar-refractivity contribution in [3.05, 3.63) is 0 Å². The van der Waals surface area contributed by atoms with Gasteiger partial charge in [0.1, 0.15) is 0 Å². The van der Waals surface area contributed by atoms with Crippen LogP contribution in [0, 0.1) is 0 Å². The molecule has 0 rings (SSSR count). The number of hydrogen-bond donors (Lipinski definition) is 1. The topological polar surface area (TPSA) is 74.7 Å². The highest BCUT2D eigenvalue weighted by Gasteiger charge is 2.18. The highest BCUT2D eigenvalue weighted by Crippen LogP contribution is 2.01. The number of unbranched alkanes of at least 4 members (excludes halogenated alkanes) is 1. The van der Waals surface area contributed by atoms with Gasteiger partial charge < -0.3 is 0 Å². The Hall–Kier alpha value is -0.620. The Kier molecular flexibility index (Phi) is 4.19. The molecule has 1 amide bonds. The molecule has 6 heteroatoms. The lowest BCUT2D eigenvalue weighted by molar-refractivity contribution is -0.125. The average molecular weight is 195 g/mol. The van der Waals surface area contributed by atoms with Crippen molar-refractivity contribution < 1.29 is 17.8 Å². The highest BCUT2D eigenvalue weighted by molar-refractivity contribution is 7.83. The van der Waals surface area contributed by atoms with Gasteiger partial charge in [0.15, 0.2) is 0 Å². The number of amides is 1. The van der Waals surface area contributed by atoms with Gasteiger partial charge in [-0.1, -0.05) is 13.3 Å². The summed E-state index contributed by atoms with van der Waals surface area (Å²) in [6.07, 6.45) is 1.58. The Morgan fingerprint density at radius 2 is 2.00 bits per heavy atom. The minimum Gasteiger partial charge on any atom is -0.274 e. The second-order valence-corrected chi connectivity index (χ2v) is 3.89. The first-order chi connectivity index (χ1) is 5.39. The second kappa shape index (κ2) is 4.42. The van der Waals surface area contributed by atoms with Crippen LogP contribution in [0.3, 0.4) is 0 Å². The van der Waals surface area contributed by atoms with Crippen molar-refractivity contribution in [2.75, 3.05) is 7.05 Å². The van der Waals surface area contributed by atoms with Crippen molar-refractivity contribution in [2.24, 2.45) is 0 Å². The molecule has 0 atom stereocenters. The van der Waals surface area contributed by atoms with E-state index < -0.39 is 16.2 Å². The summed E-state index contributed by atoms with van der Waals surface area (Å²) in [6, 6.07) is 0. The van der Waals surface area contributed by atoms with Crippen molar-refractivity contribution in [1.29, 1.82) is 0 Å². The first-order valence-corrected chi connectivity index (χ1v) is 5.03. The largest absolute Gasteiger partial charge is 0.361 e. The summed E-state index contributed by atoms with van der Waals surface area (Å²) >= 11 is 0. The van der Waals surface area contributed by atoms with Crippen LogP contribution < -0.4 is 0 Å². The minimum atomic E-state index is -4.35. The lowest BCUT2D eigenvalue weighted by atomic mass is 10.2. The molecule has 0 aromatic heterocycles. The van der Waals surface area contributed by atoms with Crippen LogP contribution >= 0.6 is 0 Å². The molecule has 0 aliphatic carbocycles. The van der Waals surface area contributed by atoms with E-state index >= 15 is 0 Å². The van der Waals surface area contributed by atoms with E-state index in [0.29, 0.717) is 10.7 Å². The molecule has 5 nitrogen and oxygen atoms in total. The zero-order chi connectivity index (χ0) is 9.78. The number of nitrogens with zero attached hydrogens (tertiary/aromatic N) is 1. The lowest BCUT2D eigenvalue weighted by Gasteiger charge is -2.11. The molecule has 1 N–H and O–H groups in total. The summed E-state index contributed by atoms with van der Waals surface area (Å²) in [5.74, 6) is -0.584. The van der Waals surface area contributed by atoms with Crippen molar-refractivity contribution in [3.8, 4) is 0 Å². The molecule has 0 aromatic rings. The van der Waals surface area contributed by atoms with E-state index in [1.807, 2.05) is 6.92 Å². The van der Waals surface area contributed by atoms with Gasteiger partial charge in [0, 0.05) is 13.5 Å². The van der Waals surface area contributed by atoms with E-state index in [2.05, 4.69) is 0 Å². The van der Waals surface area contributed by atoms with Gasteiger partial charge in [0.2, 0.25) is 5.91 Å². The Balaban J connectivity index is 4.12. The van der Waals surface area contributed by atoms with Crippen LogP contribution in [0.5, 0.6) is 0 Å². The number of rotatable bonds is 4. The monoisotopic (exact) mass is 195 g/mol. The first-order valence-electron chi connectivity index (χ1n) is 3.63. The average Bonchev–Trinajstić information content (AvgIpc) is 1.97. The molecule has 0 aromatic carbocycles. The Morgan fingerprint density at radius 1 is 1.50 bits per heavy atom. The molecule has 0 aliphatic heterocycles. The lowest BCUT2D eigenvalue weighted by Crippen LogP contribution is -2.32. The Bertz CT molecular complexity index is 246. The maximum Gasteiger partial charge on any atom is 0.361 e. The molecule has 72 valence electrons. The standard InChI is InChI=1S/C6H13NO4S/c1-3-4-5-6(8)7(2)12(9,10)11/h3-5H2,1-2H3,(H,9,10,11). The molecule has 0 radical (unpaired) electrons. The van der Waals surface area contributed by atoms with Crippen molar-refractivity contribution in [1.82, 2.24) is 4.31 Å². The van der Waals surface area contributed by atoms with Crippen LogP contribution in [0.4, 0.5) is 0 Å². The smallest absolute Gasteiger partial charge is 0.274 e. The predicted octanol–water partition coefficient (Wildman–Crippen LogP) is 0.438. The predicted molar refractivity (Wildman–Crippen MR) is 43.8 cm³/mol. The summed E-state index contributed by atoms with van der Waals surface area (Å²) in [5, 5.41) is 0. The van der Waals surface area contributed by atoms with Crippen LogP contribution in [-0.2, 0) is 15.1 Å². The summed E-state index contributed by atoms with van der Waals surface area (Å²) in [6.45, 7) is 1.89. The van der Waals surface area contributed by atoms with Gasteiger partial charge in [-0.25, -0.2) is 4.31 Å². The third-order valence-corrected chi connectivity index (χ3v) is 2.34. The normalized spacial score (nSPS) is 11.2. The number of carbonyl (C=O) groups is 1. The van der Waals surface area contributed by atoms with Crippen molar-refractivity contribution >= 4 is 16.2 Å². The Labute approximate surface area is 72.2 Å². The molecular formula is C6H13NO4S.